The Kier molecular flexibility index (Phi) is 10.0. The van der Waals surface area contributed by atoms with Crippen molar-refractivity contribution in [3.63, 3.8) is 0 Å². The Morgan fingerprint density at radius 2 is 1.94 bits per heavy atom. The van der Waals surface area contributed by atoms with Gasteiger partial charge in [-0.3, -0.25) is 9.59 Å². The van der Waals surface area contributed by atoms with Crippen LogP contribution in [0.15, 0.2) is 18.2 Å². The third-order valence-corrected chi connectivity index (χ3v) is 5.70. The van der Waals surface area contributed by atoms with Gasteiger partial charge in [-0.1, -0.05) is 40.5 Å². The summed E-state index contributed by atoms with van der Waals surface area (Å²) in [5, 5.41) is 3.04. The smallest absolute Gasteiger partial charge is 0.224 e. The van der Waals surface area contributed by atoms with E-state index in [2.05, 4.69) is 37.9 Å². The number of anilines is 2. The maximum absolute atomic E-state index is 13.2. The summed E-state index contributed by atoms with van der Waals surface area (Å²) in [5.74, 6) is 0.189. The lowest BCUT2D eigenvalue weighted by Gasteiger charge is -2.30. The molecule has 0 radical (unpaired) electrons. The van der Waals surface area contributed by atoms with Crippen LogP contribution in [0.3, 0.4) is 0 Å². The number of carbonyl (C=O) groups excluding carboxylic acids is 2. The number of unbranched alkanes of at least 4 members (excludes halogenated alkanes) is 2. The van der Waals surface area contributed by atoms with Gasteiger partial charge < -0.3 is 19.9 Å². The molecule has 1 N–H and O–H groups in total. The minimum atomic E-state index is -0.0788. The van der Waals surface area contributed by atoms with E-state index in [4.69, 9.17) is 4.74 Å². The number of ether oxygens (including phenoxy) is 1. The molecule has 1 unspecified atom stereocenters. The predicted octanol–water partition coefficient (Wildman–Crippen LogP) is 5.22. The Morgan fingerprint density at radius 3 is 2.53 bits per heavy atom. The van der Waals surface area contributed by atoms with E-state index in [1.165, 1.54) is 0 Å². The Hall–Kier alpha value is -2.08. The van der Waals surface area contributed by atoms with Crippen LogP contribution in [0.1, 0.15) is 78.2 Å². The average molecular weight is 446 g/mol. The van der Waals surface area contributed by atoms with E-state index in [1.807, 2.05) is 37.2 Å². The number of carbonyl (C=O) groups is 2. The third kappa shape index (κ3) is 8.81. The number of nitrogens with one attached hydrogen (secondary N) is 1. The second-order valence-corrected chi connectivity index (χ2v) is 10.4. The SMILES string of the molecule is CCCCCC(=O)Nc1ccc(N(C)C)c(CN(CC2CCCO2)C(=O)CC(C)(C)C)c1. The van der Waals surface area contributed by atoms with Crippen LogP contribution in [0.5, 0.6) is 0 Å². The summed E-state index contributed by atoms with van der Waals surface area (Å²) in [7, 11) is 4.01. The van der Waals surface area contributed by atoms with Crippen molar-refractivity contribution in [1.29, 1.82) is 0 Å². The first-order valence-corrected chi connectivity index (χ1v) is 12.1. The molecule has 6 heteroatoms. The van der Waals surface area contributed by atoms with E-state index in [0.29, 0.717) is 25.9 Å². The van der Waals surface area contributed by atoms with Crippen molar-refractivity contribution in [2.45, 2.75) is 85.3 Å². The van der Waals surface area contributed by atoms with E-state index in [0.717, 1.165) is 55.6 Å². The highest BCUT2D eigenvalue weighted by Crippen LogP contribution is 2.27. The fourth-order valence-electron chi connectivity index (χ4n) is 4.05. The molecule has 0 saturated carbocycles. The van der Waals surface area contributed by atoms with Crippen LogP contribution in [0.25, 0.3) is 0 Å². The van der Waals surface area contributed by atoms with Gasteiger partial charge in [0, 0.05) is 58.0 Å². The number of rotatable bonds is 11. The summed E-state index contributed by atoms with van der Waals surface area (Å²) in [5.41, 5.74) is 2.79. The largest absolute Gasteiger partial charge is 0.377 e. The van der Waals surface area contributed by atoms with E-state index in [1.54, 1.807) is 0 Å². The highest BCUT2D eigenvalue weighted by atomic mass is 16.5. The Bertz CT molecular complexity index is 749. The lowest BCUT2D eigenvalue weighted by Crippen LogP contribution is -2.38. The predicted molar refractivity (Wildman–Crippen MR) is 132 cm³/mol. The van der Waals surface area contributed by atoms with E-state index < -0.39 is 0 Å². The van der Waals surface area contributed by atoms with Crippen LogP contribution >= 0.6 is 0 Å². The number of amides is 2. The molecule has 1 heterocycles. The fraction of sp³-hybridized carbons (Fsp3) is 0.692. The Balaban J connectivity index is 2.22. The zero-order valence-electron chi connectivity index (χ0n) is 21.0. The highest BCUT2D eigenvalue weighted by Gasteiger charge is 2.26. The first-order valence-electron chi connectivity index (χ1n) is 12.1. The van der Waals surface area contributed by atoms with E-state index >= 15 is 0 Å². The molecule has 1 aliphatic heterocycles. The molecule has 0 aromatic heterocycles. The number of hydrogen-bond acceptors (Lipinski definition) is 4. The minimum absolute atomic E-state index is 0.0435. The summed E-state index contributed by atoms with van der Waals surface area (Å²) in [4.78, 5) is 29.6. The van der Waals surface area contributed by atoms with Crippen molar-refractivity contribution >= 4 is 23.2 Å². The van der Waals surface area contributed by atoms with Gasteiger partial charge in [-0.25, -0.2) is 0 Å². The van der Waals surface area contributed by atoms with Crippen LogP contribution in [-0.4, -0.2) is 50.1 Å². The summed E-state index contributed by atoms with van der Waals surface area (Å²) < 4.78 is 5.84. The maximum Gasteiger partial charge on any atom is 0.224 e. The average Bonchev–Trinajstić information content (AvgIpc) is 3.19. The van der Waals surface area contributed by atoms with Crippen LogP contribution in [0.4, 0.5) is 11.4 Å². The van der Waals surface area contributed by atoms with Crippen molar-refractivity contribution in [3.05, 3.63) is 23.8 Å². The van der Waals surface area contributed by atoms with Gasteiger partial charge in [-0.05, 0) is 48.4 Å². The lowest BCUT2D eigenvalue weighted by molar-refractivity contribution is -0.135. The van der Waals surface area contributed by atoms with Gasteiger partial charge in [0.2, 0.25) is 11.8 Å². The Labute approximate surface area is 194 Å². The van der Waals surface area contributed by atoms with Crippen LogP contribution < -0.4 is 10.2 Å². The standard InChI is InChI=1S/C26H43N3O3/c1-7-8-9-12-24(30)27-21-13-14-23(28(5)6)20(16-21)18-29(19-22-11-10-15-32-22)25(31)17-26(2,3)4/h13-14,16,22H,7-12,15,17-19H2,1-6H3,(H,27,30). The quantitative estimate of drug-likeness (QED) is 0.475. The van der Waals surface area contributed by atoms with Crippen LogP contribution in [0, 0.1) is 5.41 Å². The fourth-order valence-corrected chi connectivity index (χ4v) is 4.05. The van der Waals surface area contributed by atoms with Gasteiger partial charge in [0.1, 0.15) is 0 Å². The molecule has 2 rings (SSSR count). The first kappa shape index (κ1) is 26.2. The molecule has 6 nitrogen and oxygen atoms in total. The monoisotopic (exact) mass is 445 g/mol. The van der Waals surface area contributed by atoms with E-state index in [9.17, 15) is 9.59 Å². The van der Waals surface area contributed by atoms with Crippen molar-refractivity contribution in [2.24, 2.45) is 5.41 Å². The van der Waals surface area contributed by atoms with Crippen molar-refractivity contribution in [2.75, 3.05) is 37.5 Å². The highest BCUT2D eigenvalue weighted by molar-refractivity contribution is 5.91. The zero-order chi connectivity index (χ0) is 23.7. The van der Waals surface area contributed by atoms with Gasteiger partial charge in [0.05, 0.1) is 6.10 Å². The molecule has 1 aliphatic rings. The minimum Gasteiger partial charge on any atom is -0.377 e. The number of nitrogens with zero attached hydrogens (tertiary/aromatic N) is 2. The van der Waals surface area contributed by atoms with Gasteiger partial charge in [0.15, 0.2) is 0 Å². The molecule has 0 spiro atoms. The number of benzene rings is 1. The zero-order valence-corrected chi connectivity index (χ0v) is 21.0. The number of hydrogen-bond donors (Lipinski definition) is 1. The molecule has 0 bridgehead atoms. The van der Waals surface area contributed by atoms with Gasteiger partial charge in [-0.15, -0.1) is 0 Å². The molecule has 0 aliphatic carbocycles. The first-order chi connectivity index (χ1) is 15.1. The molecule has 1 atom stereocenters. The second kappa shape index (κ2) is 12.2. The summed E-state index contributed by atoms with van der Waals surface area (Å²) in [6, 6.07) is 5.98. The lowest BCUT2D eigenvalue weighted by atomic mass is 9.91. The second-order valence-electron chi connectivity index (χ2n) is 10.4. The molecule has 1 saturated heterocycles. The molecule has 2 amide bonds. The van der Waals surface area contributed by atoms with Crippen molar-refractivity contribution in [3.8, 4) is 0 Å². The molecular formula is C26H43N3O3. The van der Waals surface area contributed by atoms with Gasteiger partial charge in [0.25, 0.3) is 0 Å². The van der Waals surface area contributed by atoms with Crippen molar-refractivity contribution in [1.82, 2.24) is 4.90 Å². The van der Waals surface area contributed by atoms with Gasteiger partial charge in [-0.2, -0.15) is 0 Å². The van der Waals surface area contributed by atoms with Crippen molar-refractivity contribution < 1.29 is 14.3 Å². The third-order valence-electron chi connectivity index (χ3n) is 5.70. The van der Waals surface area contributed by atoms with Gasteiger partial charge >= 0.3 is 0 Å². The normalized spacial score (nSPS) is 16.1. The topological polar surface area (TPSA) is 61.9 Å². The molecule has 180 valence electrons. The molecule has 1 aromatic carbocycles. The molecule has 32 heavy (non-hydrogen) atoms. The molecule has 1 fully saturated rings. The van der Waals surface area contributed by atoms with Crippen LogP contribution in [-0.2, 0) is 20.9 Å². The summed E-state index contributed by atoms with van der Waals surface area (Å²) in [6.45, 7) is 10.3. The Morgan fingerprint density at radius 1 is 1.19 bits per heavy atom. The van der Waals surface area contributed by atoms with E-state index in [-0.39, 0.29) is 23.3 Å². The molecule has 1 aromatic rings. The molecular weight excluding hydrogens is 402 g/mol. The van der Waals surface area contributed by atoms with Crippen LogP contribution in [0.2, 0.25) is 0 Å². The summed E-state index contributed by atoms with van der Waals surface area (Å²) >= 11 is 0. The summed E-state index contributed by atoms with van der Waals surface area (Å²) in [6.07, 6.45) is 6.23. The maximum atomic E-state index is 13.2.